The molecule has 0 unspecified atom stereocenters. The molecule has 8 heteroatoms. The first-order valence-electron chi connectivity index (χ1n) is 9.79. The fourth-order valence-electron chi connectivity index (χ4n) is 3.55. The van der Waals surface area contributed by atoms with Crippen LogP contribution in [-0.4, -0.2) is 51.1 Å². The molecule has 0 bridgehead atoms. The predicted molar refractivity (Wildman–Crippen MR) is 103 cm³/mol. The number of aromatic nitrogens is 2. The van der Waals surface area contributed by atoms with Gasteiger partial charge in [-0.2, -0.15) is 10.2 Å². The number of fused-ring (bicyclic) bond motifs is 2. The van der Waals surface area contributed by atoms with Crippen LogP contribution in [0.3, 0.4) is 0 Å². The Bertz CT molecular complexity index is 940. The van der Waals surface area contributed by atoms with Crippen LogP contribution in [0.1, 0.15) is 57.4 Å². The summed E-state index contributed by atoms with van der Waals surface area (Å²) >= 11 is 0. The lowest BCUT2D eigenvalue weighted by Gasteiger charge is -2.27. The number of amides is 3. The van der Waals surface area contributed by atoms with Crippen molar-refractivity contribution >= 4 is 17.9 Å². The van der Waals surface area contributed by atoms with Gasteiger partial charge in [0.05, 0.1) is 42.2 Å². The summed E-state index contributed by atoms with van der Waals surface area (Å²) in [5.41, 5.74) is 3.02. The average molecular weight is 394 g/mol. The molecular formula is C21H22N4O4. The molecule has 0 fully saturated rings. The summed E-state index contributed by atoms with van der Waals surface area (Å²) in [5.74, 6) is -0.655. The molecule has 29 heavy (non-hydrogen) atoms. The maximum atomic E-state index is 12.6. The van der Waals surface area contributed by atoms with Gasteiger partial charge in [0.25, 0.3) is 11.8 Å². The molecule has 0 aliphatic carbocycles. The molecule has 0 saturated carbocycles. The van der Waals surface area contributed by atoms with Crippen LogP contribution in [0.4, 0.5) is 4.79 Å². The van der Waals surface area contributed by atoms with Gasteiger partial charge in [0.1, 0.15) is 0 Å². The number of rotatable bonds is 5. The zero-order chi connectivity index (χ0) is 20.4. The molecule has 2 aromatic rings. The number of carbonyl (C=O) groups excluding carboxylic acids is 3. The lowest BCUT2D eigenvalue weighted by Crippen LogP contribution is -2.37. The van der Waals surface area contributed by atoms with Gasteiger partial charge < -0.3 is 9.64 Å². The summed E-state index contributed by atoms with van der Waals surface area (Å²) in [6.07, 6.45) is 2.07. The van der Waals surface area contributed by atoms with Crippen LogP contribution in [0, 0.1) is 0 Å². The zero-order valence-corrected chi connectivity index (χ0v) is 16.3. The van der Waals surface area contributed by atoms with Gasteiger partial charge >= 0.3 is 6.09 Å². The maximum absolute atomic E-state index is 12.6. The molecule has 3 amide bonds. The van der Waals surface area contributed by atoms with E-state index in [2.05, 4.69) is 10.2 Å². The molecule has 4 rings (SSSR count). The molecule has 0 atom stereocenters. The third-order valence-corrected chi connectivity index (χ3v) is 5.17. The smallest absolute Gasteiger partial charge is 0.410 e. The quantitative estimate of drug-likeness (QED) is 0.572. The van der Waals surface area contributed by atoms with Crippen LogP contribution in [-0.2, 0) is 24.2 Å². The Balaban J connectivity index is 1.47. The van der Waals surface area contributed by atoms with E-state index in [9.17, 15) is 14.4 Å². The molecule has 2 aliphatic heterocycles. The Kier molecular flexibility index (Phi) is 5.24. The molecule has 0 radical (unpaired) electrons. The molecule has 0 saturated heterocycles. The molecule has 0 N–H and O–H groups in total. The van der Waals surface area contributed by atoms with E-state index in [0.29, 0.717) is 42.9 Å². The fourth-order valence-corrected chi connectivity index (χ4v) is 3.55. The maximum Gasteiger partial charge on any atom is 0.410 e. The third-order valence-electron chi connectivity index (χ3n) is 5.17. The minimum Gasteiger partial charge on any atom is -0.449 e. The number of benzene rings is 1. The normalized spacial score (nSPS) is 15.3. The van der Waals surface area contributed by atoms with Gasteiger partial charge in [0.15, 0.2) is 0 Å². The highest BCUT2D eigenvalue weighted by Crippen LogP contribution is 2.25. The second-order valence-corrected chi connectivity index (χ2v) is 7.19. The number of hydrogen-bond acceptors (Lipinski definition) is 6. The van der Waals surface area contributed by atoms with Gasteiger partial charge in [-0.25, -0.2) is 4.79 Å². The Morgan fingerprint density at radius 3 is 2.55 bits per heavy atom. The summed E-state index contributed by atoms with van der Waals surface area (Å²) in [4.78, 5) is 40.2. The van der Waals surface area contributed by atoms with Gasteiger partial charge in [-0.05, 0) is 30.2 Å². The van der Waals surface area contributed by atoms with Crippen molar-refractivity contribution in [1.82, 2.24) is 20.0 Å². The molecule has 1 aromatic carbocycles. The van der Waals surface area contributed by atoms with E-state index < -0.39 is 0 Å². The van der Waals surface area contributed by atoms with Gasteiger partial charge in [-0.1, -0.05) is 25.5 Å². The molecule has 1 aromatic heterocycles. The van der Waals surface area contributed by atoms with Gasteiger partial charge in [-0.3, -0.25) is 14.5 Å². The van der Waals surface area contributed by atoms with Crippen LogP contribution < -0.4 is 0 Å². The zero-order valence-electron chi connectivity index (χ0n) is 16.3. The second kappa shape index (κ2) is 7.98. The lowest BCUT2D eigenvalue weighted by atomic mass is 10.1. The van der Waals surface area contributed by atoms with Gasteiger partial charge in [0, 0.05) is 13.0 Å². The van der Waals surface area contributed by atoms with Crippen molar-refractivity contribution < 1.29 is 19.1 Å². The van der Waals surface area contributed by atoms with E-state index in [1.54, 1.807) is 29.2 Å². The standard InChI is InChI=1S/C21H22N4O4/c1-2-3-10-29-21(28)24-9-8-18-14(12-24)11-15(22-23-18)13-25-19(26)16-6-4-5-7-17(16)20(25)27/h4-7,11H,2-3,8-10,12-13H2,1H3. The number of hydrogen-bond donors (Lipinski definition) is 0. The van der Waals surface area contributed by atoms with E-state index in [1.807, 2.05) is 13.0 Å². The van der Waals surface area contributed by atoms with E-state index in [0.717, 1.165) is 24.1 Å². The van der Waals surface area contributed by atoms with Gasteiger partial charge in [-0.15, -0.1) is 0 Å². The summed E-state index contributed by atoms with van der Waals surface area (Å²) in [5, 5.41) is 8.44. The second-order valence-electron chi connectivity index (χ2n) is 7.19. The highest BCUT2D eigenvalue weighted by molar-refractivity contribution is 6.21. The van der Waals surface area contributed by atoms with Crippen molar-refractivity contribution in [2.24, 2.45) is 0 Å². The highest BCUT2D eigenvalue weighted by atomic mass is 16.6. The number of unbranched alkanes of at least 4 members (excludes halogenated alkanes) is 1. The summed E-state index contributed by atoms with van der Waals surface area (Å²) in [6.45, 7) is 3.42. The Hall–Kier alpha value is -3.29. The summed E-state index contributed by atoms with van der Waals surface area (Å²) in [7, 11) is 0. The number of carbonyl (C=O) groups is 3. The van der Waals surface area contributed by atoms with Crippen molar-refractivity contribution in [1.29, 1.82) is 0 Å². The largest absolute Gasteiger partial charge is 0.449 e. The lowest BCUT2D eigenvalue weighted by molar-refractivity contribution is 0.0640. The molecule has 3 heterocycles. The number of imide groups is 1. The SMILES string of the molecule is CCCCOC(=O)N1CCc2nnc(CN3C(=O)c4ccccc4C3=O)cc2C1. The first kappa shape index (κ1) is 19.0. The van der Waals surface area contributed by atoms with E-state index in [4.69, 9.17) is 4.74 Å². The van der Waals surface area contributed by atoms with Crippen LogP contribution in [0.2, 0.25) is 0 Å². The Labute approximate surface area is 168 Å². The van der Waals surface area contributed by atoms with Crippen molar-refractivity contribution in [3.05, 3.63) is 58.4 Å². The van der Waals surface area contributed by atoms with E-state index in [-0.39, 0.29) is 24.5 Å². The Morgan fingerprint density at radius 1 is 1.14 bits per heavy atom. The molecule has 2 aliphatic rings. The first-order chi connectivity index (χ1) is 14.1. The van der Waals surface area contributed by atoms with Crippen molar-refractivity contribution in [2.45, 2.75) is 39.3 Å². The van der Waals surface area contributed by atoms with Crippen LogP contribution >= 0.6 is 0 Å². The topological polar surface area (TPSA) is 92.7 Å². The minimum absolute atomic E-state index is 0.0492. The van der Waals surface area contributed by atoms with Crippen molar-refractivity contribution in [2.75, 3.05) is 13.2 Å². The summed E-state index contributed by atoms with van der Waals surface area (Å²) in [6, 6.07) is 8.59. The molecule has 150 valence electrons. The highest BCUT2D eigenvalue weighted by Gasteiger charge is 2.35. The van der Waals surface area contributed by atoms with Gasteiger partial charge in [0.2, 0.25) is 0 Å². The van der Waals surface area contributed by atoms with Crippen LogP contribution in [0.15, 0.2) is 30.3 Å². The third kappa shape index (κ3) is 3.70. The van der Waals surface area contributed by atoms with Crippen LogP contribution in [0.5, 0.6) is 0 Å². The first-order valence-corrected chi connectivity index (χ1v) is 9.79. The van der Waals surface area contributed by atoms with E-state index in [1.165, 1.54) is 4.90 Å². The molecule has 8 nitrogen and oxygen atoms in total. The average Bonchev–Trinajstić information content (AvgIpc) is 2.98. The number of nitrogens with zero attached hydrogens (tertiary/aromatic N) is 4. The molecule has 0 spiro atoms. The summed E-state index contributed by atoms with van der Waals surface area (Å²) < 4.78 is 5.29. The Morgan fingerprint density at radius 2 is 1.86 bits per heavy atom. The fraction of sp³-hybridized carbons (Fsp3) is 0.381. The van der Waals surface area contributed by atoms with Crippen molar-refractivity contribution in [3.63, 3.8) is 0 Å². The van der Waals surface area contributed by atoms with Crippen molar-refractivity contribution in [3.8, 4) is 0 Å². The predicted octanol–water partition coefficient (Wildman–Crippen LogP) is 2.57. The molecular weight excluding hydrogens is 372 g/mol. The number of ether oxygens (including phenoxy) is 1. The minimum atomic E-state index is -0.331. The van der Waals surface area contributed by atoms with Crippen LogP contribution in [0.25, 0.3) is 0 Å². The monoisotopic (exact) mass is 394 g/mol. The van der Waals surface area contributed by atoms with E-state index >= 15 is 0 Å².